The Bertz CT molecular complexity index is 773. The molecule has 3 heterocycles. The minimum Gasteiger partial charge on any atom is -0.495 e. The molecule has 0 bridgehead atoms. The molecule has 2 N–H and O–H groups in total. The van der Waals surface area contributed by atoms with E-state index in [9.17, 15) is 9.18 Å². The normalized spacial score (nSPS) is 16.1. The van der Waals surface area contributed by atoms with Gasteiger partial charge in [-0.25, -0.2) is 4.39 Å². The molecule has 0 saturated carbocycles. The van der Waals surface area contributed by atoms with Gasteiger partial charge in [-0.3, -0.25) is 14.9 Å². The summed E-state index contributed by atoms with van der Waals surface area (Å²) in [6, 6.07) is 1.65. The molecular weight excluding hydrogens is 349 g/mol. The van der Waals surface area contributed by atoms with Crippen molar-refractivity contribution < 1.29 is 13.9 Å². The van der Waals surface area contributed by atoms with E-state index >= 15 is 0 Å². The van der Waals surface area contributed by atoms with Crippen LogP contribution < -0.4 is 10.1 Å². The lowest BCUT2D eigenvalue weighted by Gasteiger charge is -2.27. The fraction of sp³-hybridized carbons (Fsp3) is 0.526. The molecule has 1 amide bonds. The highest BCUT2D eigenvalue weighted by atomic mass is 19.1. The van der Waals surface area contributed by atoms with Crippen LogP contribution in [0.1, 0.15) is 32.6 Å². The van der Waals surface area contributed by atoms with E-state index in [0.717, 1.165) is 26.1 Å². The highest BCUT2D eigenvalue weighted by Gasteiger charge is 2.21. The number of carbonyl (C=O) groups excluding carboxylic acids is 1. The number of rotatable bonds is 7. The van der Waals surface area contributed by atoms with E-state index in [1.54, 1.807) is 6.07 Å². The summed E-state index contributed by atoms with van der Waals surface area (Å²) in [7, 11) is 1.51. The summed E-state index contributed by atoms with van der Waals surface area (Å²) >= 11 is 0. The Morgan fingerprint density at radius 2 is 2.15 bits per heavy atom. The maximum Gasteiger partial charge on any atom is 0.228 e. The third-order valence-corrected chi connectivity index (χ3v) is 4.96. The average molecular weight is 375 g/mol. The lowest BCUT2D eigenvalue weighted by Crippen LogP contribution is -2.33. The number of amides is 1. The number of halogens is 1. The van der Waals surface area contributed by atoms with Gasteiger partial charge in [0, 0.05) is 17.7 Å². The Morgan fingerprint density at radius 3 is 2.89 bits per heavy atom. The molecule has 1 fully saturated rings. The second-order valence-corrected chi connectivity index (χ2v) is 6.96. The molecule has 27 heavy (non-hydrogen) atoms. The molecule has 1 aliphatic heterocycles. The maximum absolute atomic E-state index is 14.7. The van der Waals surface area contributed by atoms with Gasteiger partial charge in [0.05, 0.1) is 13.3 Å². The molecule has 0 radical (unpaired) electrons. The molecule has 3 rings (SSSR count). The molecular formula is C19H26FN5O2. The number of pyridine rings is 1. The van der Waals surface area contributed by atoms with Gasteiger partial charge in [0.2, 0.25) is 5.91 Å². The van der Waals surface area contributed by atoms with Crippen molar-refractivity contribution in [1.29, 1.82) is 0 Å². The van der Waals surface area contributed by atoms with Gasteiger partial charge in [-0.05, 0) is 45.0 Å². The minimum absolute atomic E-state index is 0.0948. The van der Waals surface area contributed by atoms with E-state index in [4.69, 9.17) is 4.74 Å². The maximum atomic E-state index is 14.7. The predicted octanol–water partition coefficient (Wildman–Crippen LogP) is 3.07. The number of H-pyrrole nitrogens is 1. The molecule has 1 unspecified atom stereocenters. The molecule has 7 nitrogen and oxygen atoms in total. The fourth-order valence-corrected chi connectivity index (χ4v) is 3.20. The number of likely N-dealkylation sites (tertiary alicyclic amines) is 1. The molecule has 146 valence electrons. The topological polar surface area (TPSA) is 83.1 Å². The van der Waals surface area contributed by atoms with Crippen LogP contribution in [-0.2, 0) is 4.79 Å². The highest BCUT2D eigenvalue weighted by Crippen LogP contribution is 2.27. The van der Waals surface area contributed by atoms with Crippen LogP contribution in [0.5, 0.6) is 5.75 Å². The lowest BCUT2D eigenvalue weighted by molar-refractivity contribution is -0.119. The van der Waals surface area contributed by atoms with Gasteiger partial charge in [-0.15, -0.1) is 0 Å². The van der Waals surface area contributed by atoms with Crippen LogP contribution >= 0.6 is 0 Å². The van der Waals surface area contributed by atoms with Crippen molar-refractivity contribution in [2.24, 2.45) is 5.92 Å². The molecule has 0 spiro atoms. The van der Waals surface area contributed by atoms with Gasteiger partial charge in [-0.1, -0.05) is 13.3 Å². The zero-order chi connectivity index (χ0) is 19.2. The standard InChI is InChI=1S/C19H26FN5O2/c1-13(6-9-25-7-4-3-5-8-25)19(26)22-18-16(20)17(23-24-18)14-10-15(27-2)12-21-11-14/h10-13H,3-9H2,1-2H3,(H2,22,23,24,26). The number of piperidine rings is 1. The number of nitrogens with zero attached hydrogens (tertiary/aromatic N) is 3. The van der Waals surface area contributed by atoms with Crippen LogP contribution in [0.15, 0.2) is 18.5 Å². The van der Waals surface area contributed by atoms with Crippen molar-refractivity contribution in [2.75, 3.05) is 32.1 Å². The van der Waals surface area contributed by atoms with E-state index in [2.05, 4.69) is 25.4 Å². The van der Waals surface area contributed by atoms with Crippen molar-refractivity contribution in [3.05, 3.63) is 24.3 Å². The SMILES string of the molecule is COc1cncc(-c2[nH]nc(NC(=O)C(C)CCN3CCCCC3)c2F)c1. The van der Waals surface area contributed by atoms with Gasteiger partial charge in [0.1, 0.15) is 11.4 Å². The number of aromatic amines is 1. The fourth-order valence-electron chi connectivity index (χ4n) is 3.20. The predicted molar refractivity (Wildman–Crippen MR) is 101 cm³/mol. The zero-order valence-corrected chi connectivity index (χ0v) is 15.8. The number of ether oxygens (including phenoxy) is 1. The lowest BCUT2D eigenvalue weighted by atomic mass is 10.1. The Kier molecular flexibility index (Phi) is 6.39. The number of nitrogens with one attached hydrogen (secondary N) is 2. The highest BCUT2D eigenvalue weighted by molar-refractivity contribution is 5.92. The Balaban J connectivity index is 1.60. The third kappa shape index (κ3) is 4.82. The van der Waals surface area contributed by atoms with E-state index < -0.39 is 5.82 Å². The summed E-state index contributed by atoms with van der Waals surface area (Å²) in [5.74, 6) is -0.639. The summed E-state index contributed by atoms with van der Waals surface area (Å²) in [6.45, 7) is 4.94. The summed E-state index contributed by atoms with van der Waals surface area (Å²) in [6.07, 6.45) is 7.51. The molecule has 1 aliphatic rings. The van der Waals surface area contributed by atoms with Crippen molar-refractivity contribution >= 4 is 11.7 Å². The zero-order valence-electron chi connectivity index (χ0n) is 15.8. The number of anilines is 1. The molecule has 0 aromatic carbocycles. The first-order chi connectivity index (χ1) is 13.1. The first kappa shape index (κ1) is 19.3. The van der Waals surface area contributed by atoms with Crippen LogP contribution in [0.4, 0.5) is 10.2 Å². The summed E-state index contributed by atoms with van der Waals surface area (Å²) < 4.78 is 19.8. The second kappa shape index (κ2) is 8.94. The van der Waals surface area contributed by atoms with Crippen molar-refractivity contribution in [3.63, 3.8) is 0 Å². The number of aromatic nitrogens is 3. The van der Waals surface area contributed by atoms with Crippen molar-refractivity contribution in [2.45, 2.75) is 32.6 Å². The number of carbonyl (C=O) groups is 1. The van der Waals surface area contributed by atoms with Crippen LogP contribution in [0, 0.1) is 11.7 Å². The largest absolute Gasteiger partial charge is 0.495 e. The van der Waals surface area contributed by atoms with E-state index in [-0.39, 0.29) is 23.3 Å². The Labute approximate surface area is 158 Å². The van der Waals surface area contributed by atoms with Crippen LogP contribution in [0.2, 0.25) is 0 Å². The first-order valence-corrected chi connectivity index (χ1v) is 9.35. The third-order valence-electron chi connectivity index (χ3n) is 4.96. The smallest absolute Gasteiger partial charge is 0.228 e. The summed E-state index contributed by atoms with van der Waals surface area (Å²) in [5.41, 5.74) is 0.663. The molecule has 8 heteroatoms. The molecule has 0 aliphatic carbocycles. The molecule has 2 aromatic heterocycles. The second-order valence-electron chi connectivity index (χ2n) is 6.96. The van der Waals surface area contributed by atoms with Crippen LogP contribution in [0.25, 0.3) is 11.3 Å². The van der Waals surface area contributed by atoms with Crippen LogP contribution in [0.3, 0.4) is 0 Å². The number of hydrogen-bond acceptors (Lipinski definition) is 5. The van der Waals surface area contributed by atoms with Crippen molar-refractivity contribution in [1.82, 2.24) is 20.1 Å². The van der Waals surface area contributed by atoms with Crippen molar-refractivity contribution in [3.8, 4) is 17.0 Å². The quantitative estimate of drug-likeness (QED) is 0.777. The average Bonchev–Trinajstić information content (AvgIpc) is 3.07. The minimum atomic E-state index is -0.610. The first-order valence-electron chi connectivity index (χ1n) is 9.35. The Morgan fingerprint density at radius 1 is 1.37 bits per heavy atom. The Hall–Kier alpha value is -2.48. The molecule has 1 saturated heterocycles. The van der Waals surface area contributed by atoms with Gasteiger partial charge in [0.25, 0.3) is 0 Å². The van der Waals surface area contributed by atoms with E-state index in [1.807, 2.05) is 6.92 Å². The molecule has 1 atom stereocenters. The van der Waals surface area contributed by atoms with Crippen LogP contribution in [-0.4, -0.2) is 52.7 Å². The number of methoxy groups -OCH3 is 1. The number of hydrogen-bond donors (Lipinski definition) is 2. The van der Waals surface area contributed by atoms with E-state index in [0.29, 0.717) is 11.3 Å². The molecule has 2 aromatic rings. The van der Waals surface area contributed by atoms with Gasteiger partial charge in [0.15, 0.2) is 11.6 Å². The van der Waals surface area contributed by atoms with Gasteiger partial charge < -0.3 is 15.0 Å². The van der Waals surface area contributed by atoms with E-state index in [1.165, 1.54) is 38.8 Å². The summed E-state index contributed by atoms with van der Waals surface area (Å²) in [4.78, 5) is 18.8. The summed E-state index contributed by atoms with van der Waals surface area (Å²) in [5, 5.41) is 9.13. The van der Waals surface area contributed by atoms with Gasteiger partial charge >= 0.3 is 0 Å². The monoisotopic (exact) mass is 375 g/mol. The van der Waals surface area contributed by atoms with Gasteiger partial charge in [-0.2, -0.15) is 5.10 Å².